The molecule has 1 aliphatic rings. The van der Waals surface area contributed by atoms with Crippen LogP contribution in [0.2, 0.25) is 5.02 Å². The Morgan fingerprint density at radius 1 is 1.46 bits per heavy atom. The number of halogens is 4. The molecular weight excluding hydrogens is 389 g/mol. The minimum atomic E-state index is -5.02. The van der Waals surface area contributed by atoms with Crippen molar-refractivity contribution in [1.29, 1.82) is 0 Å². The third-order valence-corrected chi connectivity index (χ3v) is 5.87. The Balaban J connectivity index is 1.79. The first-order valence-corrected chi connectivity index (χ1v) is 9.16. The molecule has 1 heterocycles. The lowest BCUT2D eigenvalue weighted by Crippen LogP contribution is -2.46. The van der Waals surface area contributed by atoms with E-state index in [1.807, 2.05) is 0 Å². The van der Waals surface area contributed by atoms with Crippen LogP contribution in [0, 0.1) is 6.92 Å². The molecule has 4 nitrogen and oxygen atoms in total. The molecule has 0 unspecified atom stereocenters. The normalized spacial score (nSPS) is 19.1. The van der Waals surface area contributed by atoms with E-state index in [0.717, 1.165) is 11.1 Å². The molecule has 26 heavy (non-hydrogen) atoms. The number of nitrogens with one attached hydrogen (secondary N) is 1. The van der Waals surface area contributed by atoms with Crippen molar-refractivity contribution in [2.75, 3.05) is 0 Å². The first-order chi connectivity index (χ1) is 12.1. The van der Waals surface area contributed by atoms with Crippen LogP contribution in [-0.4, -0.2) is 22.2 Å². The number of carbonyl (C=O) groups is 1. The molecule has 1 amide bonds. The largest absolute Gasteiger partial charge is 0.424 e. The van der Waals surface area contributed by atoms with Crippen LogP contribution >= 0.6 is 22.9 Å². The average Bonchev–Trinajstić information content (AvgIpc) is 3.14. The Hall–Kier alpha value is -1.64. The Bertz CT molecular complexity index is 840. The van der Waals surface area contributed by atoms with Crippen LogP contribution in [0.3, 0.4) is 0 Å². The summed E-state index contributed by atoms with van der Waals surface area (Å²) in [5.41, 5.74) is -1.27. The number of nitrogens with zero attached hydrogens (tertiary/aromatic N) is 1. The Morgan fingerprint density at radius 2 is 2.19 bits per heavy atom. The Labute approximate surface area is 157 Å². The van der Waals surface area contributed by atoms with Crippen LogP contribution < -0.4 is 5.32 Å². The summed E-state index contributed by atoms with van der Waals surface area (Å²) in [4.78, 5) is 16.0. The molecule has 1 aliphatic carbocycles. The third kappa shape index (κ3) is 3.45. The zero-order chi connectivity index (χ0) is 19.1. The van der Waals surface area contributed by atoms with E-state index in [2.05, 4.69) is 10.3 Å². The molecule has 0 bridgehead atoms. The number of amides is 1. The summed E-state index contributed by atoms with van der Waals surface area (Å²) in [7, 11) is 0. The van der Waals surface area contributed by atoms with Crippen LogP contribution in [0.4, 0.5) is 13.2 Å². The predicted octanol–water partition coefficient (Wildman–Crippen LogP) is 4.05. The number of thiazole rings is 1. The van der Waals surface area contributed by atoms with Gasteiger partial charge in [-0.05, 0) is 37.0 Å². The summed E-state index contributed by atoms with van der Waals surface area (Å²) in [5, 5.41) is 14.3. The molecule has 2 atom stereocenters. The quantitative estimate of drug-likeness (QED) is 0.808. The number of aliphatic hydroxyl groups is 1. The first kappa shape index (κ1) is 19.1. The molecule has 1 aromatic carbocycles. The van der Waals surface area contributed by atoms with Crippen molar-refractivity contribution >= 4 is 28.8 Å². The smallest absolute Gasteiger partial charge is 0.374 e. The van der Waals surface area contributed by atoms with Crippen LogP contribution in [0.25, 0.3) is 0 Å². The zero-order valence-corrected chi connectivity index (χ0v) is 15.3. The number of rotatable bonds is 4. The van der Waals surface area contributed by atoms with Gasteiger partial charge < -0.3 is 10.4 Å². The van der Waals surface area contributed by atoms with Gasteiger partial charge in [0.25, 0.3) is 0 Å². The van der Waals surface area contributed by atoms with Gasteiger partial charge in [-0.1, -0.05) is 23.7 Å². The number of hydrogen-bond donors (Lipinski definition) is 2. The van der Waals surface area contributed by atoms with Crippen molar-refractivity contribution in [1.82, 2.24) is 10.3 Å². The highest BCUT2D eigenvalue weighted by Gasteiger charge is 2.58. The monoisotopic (exact) mass is 404 g/mol. The van der Waals surface area contributed by atoms with Gasteiger partial charge >= 0.3 is 6.18 Å². The lowest BCUT2D eigenvalue weighted by molar-refractivity contribution is -0.267. The standard InChI is InChI=1S/C17H16ClF3N2O2S/c1-9-8-26-15(22-9)16(25,17(19,20)21)7-14(24)23-13-6-5-10-11(13)3-2-4-12(10)18/h2-4,8,13,25H,5-7H2,1H3,(H,23,24)/t13-,16-/m1/s1. The maximum absolute atomic E-state index is 13.5. The summed E-state index contributed by atoms with van der Waals surface area (Å²) in [6.45, 7) is 1.52. The maximum Gasteiger partial charge on any atom is 0.424 e. The highest BCUT2D eigenvalue weighted by Crippen LogP contribution is 2.43. The highest BCUT2D eigenvalue weighted by molar-refractivity contribution is 7.09. The van der Waals surface area contributed by atoms with Gasteiger partial charge in [0.1, 0.15) is 5.01 Å². The fourth-order valence-corrected chi connectivity index (χ4v) is 4.27. The van der Waals surface area contributed by atoms with Crippen LogP contribution in [0.5, 0.6) is 0 Å². The van der Waals surface area contributed by atoms with Gasteiger partial charge in [-0.15, -0.1) is 11.3 Å². The van der Waals surface area contributed by atoms with Gasteiger partial charge in [-0.25, -0.2) is 4.98 Å². The SMILES string of the molecule is Cc1csc([C@](O)(CC(=O)N[C@@H]2CCc3c(Cl)cccc32)C(F)(F)F)n1. The third-order valence-electron chi connectivity index (χ3n) is 4.41. The molecule has 0 radical (unpaired) electrons. The van der Waals surface area contributed by atoms with Crippen molar-refractivity contribution in [2.45, 2.75) is 44.0 Å². The number of benzene rings is 1. The molecule has 3 rings (SSSR count). The van der Waals surface area contributed by atoms with E-state index >= 15 is 0 Å². The van der Waals surface area contributed by atoms with E-state index < -0.39 is 35.2 Å². The second-order valence-corrected chi connectivity index (χ2v) is 7.56. The second kappa shape index (κ2) is 6.83. The van der Waals surface area contributed by atoms with Crippen LogP contribution in [0.15, 0.2) is 23.6 Å². The molecule has 2 aromatic rings. The van der Waals surface area contributed by atoms with Gasteiger partial charge in [0.2, 0.25) is 11.5 Å². The van der Waals surface area contributed by atoms with E-state index in [-0.39, 0.29) is 0 Å². The summed E-state index contributed by atoms with van der Waals surface area (Å²) < 4.78 is 40.5. The van der Waals surface area contributed by atoms with Crippen LogP contribution in [0.1, 0.15) is 40.7 Å². The second-order valence-electron chi connectivity index (χ2n) is 6.30. The van der Waals surface area contributed by atoms with Crippen molar-refractivity contribution in [3.63, 3.8) is 0 Å². The summed E-state index contributed by atoms with van der Waals surface area (Å²) >= 11 is 6.79. The lowest BCUT2D eigenvalue weighted by atomic mass is 9.98. The first-order valence-electron chi connectivity index (χ1n) is 7.90. The molecule has 0 fully saturated rings. The minimum Gasteiger partial charge on any atom is -0.374 e. The van der Waals surface area contributed by atoms with Gasteiger partial charge in [0.15, 0.2) is 0 Å². The molecular formula is C17H16ClF3N2O2S. The molecule has 2 N–H and O–H groups in total. The fraction of sp³-hybridized carbons (Fsp3) is 0.412. The highest BCUT2D eigenvalue weighted by atomic mass is 35.5. The van der Waals surface area contributed by atoms with Crippen molar-refractivity contribution in [2.24, 2.45) is 0 Å². The molecule has 9 heteroatoms. The summed E-state index contributed by atoms with van der Waals surface area (Å²) in [5.74, 6) is -0.893. The van der Waals surface area contributed by atoms with E-state index in [1.54, 1.807) is 18.2 Å². The predicted molar refractivity (Wildman–Crippen MR) is 92.1 cm³/mol. The lowest BCUT2D eigenvalue weighted by Gasteiger charge is -2.28. The molecule has 140 valence electrons. The number of hydrogen-bond acceptors (Lipinski definition) is 4. The van der Waals surface area contributed by atoms with Crippen molar-refractivity contribution < 1.29 is 23.1 Å². The van der Waals surface area contributed by atoms with E-state index in [1.165, 1.54) is 12.3 Å². The average molecular weight is 405 g/mol. The van der Waals surface area contributed by atoms with Crippen molar-refractivity contribution in [3.8, 4) is 0 Å². The van der Waals surface area contributed by atoms with Crippen molar-refractivity contribution in [3.05, 3.63) is 50.4 Å². The number of aromatic nitrogens is 1. The zero-order valence-electron chi connectivity index (χ0n) is 13.7. The topological polar surface area (TPSA) is 62.2 Å². The summed E-state index contributed by atoms with van der Waals surface area (Å²) in [6.07, 6.45) is -4.98. The van der Waals surface area contributed by atoms with E-state index in [9.17, 15) is 23.1 Å². The fourth-order valence-electron chi connectivity index (χ4n) is 3.08. The Kier molecular flexibility index (Phi) is 5.02. The number of carbonyl (C=O) groups excluding carboxylic acids is 1. The van der Waals surface area contributed by atoms with E-state index in [0.29, 0.717) is 34.9 Å². The van der Waals surface area contributed by atoms with Gasteiger partial charge in [0, 0.05) is 16.1 Å². The number of aryl methyl sites for hydroxylation is 1. The van der Waals surface area contributed by atoms with E-state index in [4.69, 9.17) is 11.6 Å². The molecule has 0 spiro atoms. The number of alkyl halides is 3. The minimum absolute atomic E-state index is 0.354. The number of fused-ring (bicyclic) bond motifs is 1. The molecule has 0 aliphatic heterocycles. The van der Waals surface area contributed by atoms with Crippen LogP contribution in [-0.2, 0) is 16.8 Å². The van der Waals surface area contributed by atoms with Gasteiger partial charge in [0.05, 0.1) is 12.5 Å². The maximum atomic E-state index is 13.5. The molecule has 0 saturated heterocycles. The molecule has 0 saturated carbocycles. The van der Waals surface area contributed by atoms with Gasteiger partial charge in [-0.2, -0.15) is 13.2 Å². The Morgan fingerprint density at radius 3 is 2.81 bits per heavy atom. The summed E-state index contributed by atoms with van der Waals surface area (Å²) in [6, 6.07) is 4.83. The van der Waals surface area contributed by atoms with Gasteiger partial charge in [-0.3, -0.25) is 4.79 Å². The molecule has 1 aromatic heterocycles.